The quantitative estimate of drug-likeness (QED) is 0.0199. The summed E-state index contributed by atoms with van der Waals surface area (Å²) in [6.07, 6.45) is -2.62. The topological polar surface area (TPSA) is 230 Å². The van der Waals surface area contributed by atoms with Crippen LogP contribution in [0.25, 0.3) is 0 Å². The van der Waals surface area contributed by atoms with Crippen LogP contribution >= 0.6 is 0 Å². The fourth-order valence-corrected chi connectivity index (χ4v) is 6.02. The Morgan fingerprint density at radius 3 is 1.24 bits per heavy atom. The Kier molecular flexibility index (Phi) is 16.7. The second-order valence-corrected chi connectivity index (χ2v) is 13.9. The van der Waals surface area contributed by atoms with E-state index in [4.69, 9.17) is 56.8 Å². The molecule has 2 heterocycles. The maximum absolute atomic E-state index is 13.0. The first-order valence-electron chi connectivity index (χ1n) is 20.1. The highest BCUT2D eigenvalue weighted by molar-refractivity contribution is 5.93. The minimum atomic E-state index is -1.04. The van der Waals surface area contributed by atoms with Gasteiger partial charge < -0.3 is 56.8 Å². The molecule has 2 aliphatic rings. The zero-order valence-corrected chi connectivity index (χ0v) is 35.2. The van der Waals surface area contributed by atoms with Crippen LogP contribution in [0.4, 0.5) is 9.59 Å². The smallest absolute Gasteiger partial charge is 0.459 e. The average molecular weight is 911 g/mol. The molecule has 344 valence electrons. The summed E-state index contributed by atoms with van der Waals surface area (Å²) in [5, 5.41) is 0. The molecule has 19 heteroatoms. The van der Waals surface area contributed by atoms with E-state index in [1.165, 1.54) is 97.1 Å². The van der Waals surface area contributed by atoms with Crippen molar-refractivity contribution < 1.29 is 90.4 Å². The summed E-state index contributed by atoms with van der Waals surface area (Å²) in [5.74, 6) is -2.96. The molecule has 0 spiro atoms. The Labute approximate surface area is 376 Å². The van der Waals surface area contributed by atoms with Gasteiger partial charge in [0.1, 0.15) is 55.0 Å². The van der Waals surface area contributed by atoms with Gasteiger partial charge >= 0.3 is 42.2 Å². The molecule has 0 radical (unpaired) electrons. The van der Waals surface area contributed by atoms with E-state index in [9.17, 15) is 33.6 Å². The van der Waals surface area contributed by atoms with Crippen LogP contribution in [0, 0.1) is 0 Å². The summed E-state index contributed by atoms with van der Waals surface area (Å²) in [4.78, 5) is 86.3. The molecular weight excluding hydrogens is 868 g/mol. The number of ether oxygens (including phenoxy) is 12. The number of esters is 5. The maximum Gasteiger partial charge on any atom is 0.513 e. The number of hydrogen-bond acceptors (Lipinski definition) is 19. The van der Waals surface area contributed by atoms with Gasteiger partial charge in [0.15, 0.2) is 12.2 Å². The van der Waals surface area contributed by atoms with Crippen molar-refractivity contribution in [2.75, 3.05) is 39.6 Å². The number of carbonyl (C=O) groups excluding carboxylic acids is 7. The molecule has 0 aromatic heterocycles. The molecule has 2 fully saturated rings. The summed E-state index contributed by atoms with van der Waals surface area (Å²) < 4.78 is 63.6. The third kappa shape index (κ3) is 13.6. The van der Waals surface area contributed by atoms with E-state index in [0.717, 1.165) is 6.08 Å². The van der Waals surface area contributed by atoms with E-state index in [1.54, 1.807) is 13.0 Å². The van der Waals surface area contributed by atoms with Crippen molar-refractivity contribution in [3.63, 3.8) is 0 Å². The summed E-state index contributed by atoms with van der Waals surface area (Å²) in [6, 6.07) is 22.4. The molecule has 0 amide bonds. The molecule has 5 atom stereocenters. The molecule has 4 aromatic rings. The largest absolute Gasteiger partial charge is 0.513 e. The molecule has 66 heavy (non-hydrogen) atoms. The van der Waals surface area contributed by atoms with Crippen LogP contribution in [-0.2, 0) is 42.7 Å². The molecule has 4 aromatic carbocycles. The first kappa shape index (κ1) is 47.6. The lowest BCUT2D eigenvalue weighted by molar-refractivity contribution is -0.138. The van der Waals surface area contributed by atoms with Crippen molar-refractivity contribution in [1.82, 2.24) is 0 Å². The van der Waals surface area contributed by atoms with Crippen LogP contribution in [0.5, 0.6) is 23.0 Å². The van der Waals surface area contributed by atoms with Crippen LogP contribution in [0.3, 0.4) is 0 Å². The summed E-state index contributed by atoms with van der Waals surface area (Å²) in [7, 11) is 0. The van der Waals surface area contributed by atoms with Gasteiger partial charge in [0.2, 0.25) is 0 Å². The molecule has 0 saturated carbocycles. The van der Waals surface area contributed by atoms with Crippen molar-refractivity contribution in [2.45, 2.75) is 37.4 Å². The first-order chi connectivity index (χ1) is 31.9. The Bertz CT molecular complexity index is 2380. The van der Waals surface area contributed by atoms with Gasteiger partial charge in [-0.2, -0.15) is 0 Å². The Morgan fingerprint density at radius 1 is 0.515 bits per heavy atom. The Hall–Kier alpha value is -7.87. The van der Waals surface area contributed by atoms with Crippen LogP contribution in [0.1, 0.15) is 48.4 Å². The molecule has 0 aliphatic carbocycles. The van der Waals surface area contributed by atoms with Crippen molar-refractivity contribution >= 4 is 42.2 Å². The molecule has 2 saturated heterocycles. The van der Waals surface area contributed by atoms with Gasteiger partial charge in [-0.15, -0.1) is 6.58 Å². The second kappa shape index (κ2) is 23.2. The van der Waals surface area contributed by atoms with E-state index in [0.29, 0.717) is 0 Å². The van der Waals surface area contributed by atoms with Gasteiger partial charge in [-0.05, 0) is 104 Å². The van der Waals surface area contributed by atoms with Crippen LogP contribution < -0.4 is 18.9 Å². The molecule has 0 N–H and O–H groups in total. The third-order valence-electron chi connectivity index (χ3n) is 9.39. The first-order valence-corrected chi connectivity index (χ1v) is 20.1. The van der Waals surface area contributed by atoms with Crippen molar-refractivity contribution in [1.29, 1.82) is 0 Å². The fourth-order valence-electron chi connectivity index (χ4n) is 6.02. The zero-order chi connectivity index (χ0) is 47.0. The van der Waals surface area contributed by atoms with Gasteiger partial charge in [-0.1, -0.05) is 12.7 Å². The summed E-state index contributed by atoms with van der Waals surface area (Å²) in [5.41, 5.74) is 0.617. The second-order valence-electron chi connectivity index (χ2n) is 13.9. The fraction of sp³-hybridized carbons (Fsp3) is 0.255. The minimum Gasteiger partial charge on any atom is -0.459 e. The van der Waals surface area contributed by atoms with Crippen LogP contribution in [0.15, 0.2) is 122 Å². The molecule has 19 nitrogen and oxygen atoms in total. The molecule has 6 rings (SSSR count). The zero-order valence-electron chi connectivity index (χ0n) is 35.2. The van der Waals surface area contributed by atoms with Gasteiger partial charge in [0.05, 0.1) is 48.2 Å². The van der Waals surface area contributed by atoms with Gasteiger partial charge in [-0.3, -0.25) is 0 Å². The predicted molar refractivity (Wildman–Crippen MR) is 224 cm³/mol. The standard InChI is InChI=1S/C47H42O19/c1-4-28(3)55-22-24-57-46(53)63-35-18-10-29(11-19-35)42(49)61-33-14-6-31(7-15-33)44(51)65-37-26-59-41-38(27-60-40(37)41)66-45(52)32-8-16-34(17-9-32)62-43(50)30-12-20-36(21-13-30)64-47(54)58-25-23-56-39(48)5-2/h4-21,28,37-38,40-41H,1-2,22-27H2,3H3. The number of hydrogen-bond donors (Lipinski definition) is 0. The van der Waals surface area contributed by atoms with Gasteiger partial charge in [-0.25, -0.2) is 33.6 Å². The average Bonchev–Trinajstić information content (AvgIpc) is 3.92. The lowest BCUT2D eigenvalue weighted by Crippen LogP contribution is -2.36. The van der Waals surface area contributed by atoms with Gasteiger partial charge in [0.25, 0.3) is 0 Å². The lowest BCUT2D eigenvalue weighted by atomic mass is 10.1. The number of carbonyl (C=O) groups is 7. The van der Waals surface area contributed by atoms with Crippen molar-refractivity contribution in [3.8, 4) is 23.0 Å². The highest BCUT2D eigenvalue weighted by atomic mass is 16.7. The summed E-state index contributed by atoms with van der Waals surface area (Å²) >= 11 is 0. The van der Waals surface area contributed by atoms with Crippen molar-refractivity contribution in [2.24, 2.45) is 0 Å². The highest BCUT2D eigenvalue weighted by Crippen LogP contribution is 2.32. The van der Waals surface area contributed by atoms with E-state index < -0.39 is 66.6 Å². The third-order valence-corrected chi connectivity index (χ3v) is 9.39. The predicted octanol–water partition coefficient (Wildman–Crippen LogP) is 6.02. The van der Waals surface area contributed by atoms with Crippen LogP contribution in [0.2, 0.25) is 0 Å². The lowest BCUT2D eigenvalue weighted by Gasteiger charge is -2.17. The van der Waals surface area contributed by atoms with E-state index in [-0.39, 0.29) is 91.0 Å². The number of rotatable bonds is 19. The van der Waals surface area contributed by atoms with E-state index in [2.05, 4.69) is 13.2 Å². The normalized spacial score (nSPS) is 17.4. The number of benzene rings is 4. The Morgan fingerprint density at radius 2 is 0.864 bits per heavy atom. The minimum absolute atomic E-state index is 0.0147. The van der Waals surface area contributed by atoms with E-state index in [1.807, 2.05) is 0 Å². The summed E-state index contributed by atoms with van der Waals surface area (Å²) in [6.45, 7) is 8.35. The van der Waals surface area contributed by atoms with Crippen LogP contribution in [-0.4, -0.2) is 112 Å². The molecular formula is C47H42O19. The van der Waals surface area contributed by atoms with Crippen molar-refractivity contribution in [3.05, 3.63) is 145 Å². The maximum atomic E-state index is 13.0. The SMILES string of the molecule is C=CC(=O)OCCOC(=O)Oc1ccc(C(=O)Oc2ccc(C(=O)OC3COC4C(OC(=O)c5ccc(OC(=O)c6ccc(OC(=O)OCCOC(C)C=C)cc6)cc5)COC34)cc2)cc1. The molecule has 5 unspecified atom stereocenters. The highest BCUT2D eigenvalue weighted by Gasteiger charge is 2.51. The van der Waals surface area contributed by atoms with Gasteiger partial charge in [0, 0.05) is 6.08 Å². The van der Waals surface area contributed by atoms with E-state index >= 15 is 0 Å². The molecule has 2 aliphatic heterocycles. The molecule has 0 bridgehead atoms. The number of fused-ring (bicyclic) bond motifs is 1. The monoisotopic (exact) mass is 910 g/mol. The Balaban J connectivity index is 0.899.